The van der Waals surface area contributed by atoms with Crippen molar-refractivity contribution in [2.75, 3.05) is 6.54 Å². The summed E-state index contributed by atoms with van der Waals surface area (Å²) in [6.07, 6.45) is 9.36. The van der Waals surface area contributed by atoms with E-state index in [9.17, 15) is 4.79 Å². The SMILES string of the molecule is CC1(NC(=O)CCNC2CC2)CCCCC1. The van der Waals surface area contributed by atoms with Crippen LogP contribution >= 0.6 is 0 Å². The second kappa shape index (κ2) is 5.17. The van der Waals surface area contributed by atoms with Crippen molar-refractivity contribution < 1.29 is 4.79 Å². The molecule has 3 heteroatoms. The third kappa shape index (κ3) is 3.78. The molecule has 16 heavy (non-hydrogen) atoms. The first kappa shape index (κ1) is 11.9. The number of nitrogens with one attached hydrogen (secondary N) is 2. The standard InChI is InChI=1S/C13H24N2O/c1-13(8-3-2-4-9-13)15-12(16)7-10-14-11-5-6-11/h11,14H,2-10H2,1H3,(H,15,16). The van der Waals surface area contributed by atoms with Crippen molar-refractivity contribution in [1.29, 1.82) is 0 Å². The fraction of sp³-hybridized carbons (Fsp3) is 0.923. The van der Waals surface area contributed by atoms with Gasteiger partial charge in [0.1, 0.15) is 0 Å². The Labute approximate surface area is 98.4 Å². The molecule has 2 rings (SSSR count). The van der Waals surface area contributed by atoms with E-state index in [1.165, 1.54) is 32.1 Å². The molecule has 0 aromatic heterocycles. The fourth-order valence-electron chi connectivity index (χ4n) is 2.53. The fourth-order valence-corrected chi connectivity index (χ4v) is 2.53. The van der Waals surface area contributed by atoms with Crippen LogP contribution in [0.1, 0.15) is 58.3 Å². The van der Waals surface area contributed by atoms with Crippen molar-refractivity contribution in [3.63, 3.8) is 0 Å². The van der Waals surface area contributed by atoms with E-state index in [0.29, 0.717) is 12.5 Å². The van der Waals surface area contributed by atoms with E-state index in [-0.39, 0.29) is 11.4 Å². The molecule has 0 unspecified atom stereocenters. The predicted molar refractivity (Wildman–Crippen MR) is 65.3 cm³/mol. The Bertz CT molecular complexity index is 242. The van der Waals surface area contributed by atoms with Crippen molar-refractivity contribution in [3.05, 3.63) is 0 Å². The molecule has 0 radical (unpaired) electrons. The molecule has 2 saturated carbocycles. The third-order valence-corrected chi connectivity index (χ3v) is 3.76. The lowest BCUT2D eigenvalue weighted by atomic mass is 9.83. The van der Waals surface area contributed by atoms with Gasteiger partial charge in [0.05, 0.1) is 0 Å². The van der Waals surface area contributed by atoms with Crippen molar-refractivity contribution in [2.24, 2.45) is 0 Å². The quantitative estimate of drug-likeness (QED) is 0.749. The minimum atomic E-state index is 0.0783. The minimum absolute atomic E-state index is 0.0783. The summed E-state index contributed by atoms with van der Waals surface area (Å²) in [6.45, 7) is 3.03. The first-order chi connectivity index (χ1) is 7.68. The van der Waals surface area contributed by atoms with Crippen molar-refractivity contribution in [3.8, 4) is 0 Å². The molecule has 0 aromatic rings. The lowest BCUT2D eigenvalue weighted by Crippen LogP contribution is -2.47. The van der Waals surface area contributed by atoms with Crippen LogP contribution in [0.25, 0.3) is 0 Å². The highest BCUT2D eigenvalue weighted by molar-refractivity contribution is 5.76. The molecule has 92 valence electrons. The van der Waals surface area contributed by atoms with Crippen LogP contribution in [0.4, 0.5) is 0 Å². The van der Waals surface area contributed by atoms with Gasteiger partial charge >= 0.3 is 0 Å². The highest BCUT2D eigenvalue weighted by Gasteiger charge is 2.28. The van der Waals surface area contributed by atoms with E-state index >= 15 is 0 Å². The molecule has 0 bridgehead atoms. The van der Waals surface area contributed by atoms with E-state index in [0.717, 1.165) is 19.4 Å². The van der Waals surface area contributed by atoms with Crippen molar-refractivity contribution in [2.45, 2.75) is 69.9 Å². The summed E-state index contributed by atoms with van der Waals surface area (Å²) in [5.74, 6) is 0.220. The zero-order valence-electron chi connectivity index (χ0n) is 10.3. The molecule has 0 aromatic carbocycles. The zero-order chi connectivity index (χ0) is 11.4. The number of hydrogen-bond donors (Lipinski definition) is 2. The van der Waals surface area contributed by atoms with Gasteiger partial charge in [0.25, 0.3) is 0 Å². The maximum Gasteiger partial charge on any atom is 0.221 e. The topological polar surface area (TPSA) is 41.1 Å². The van der Waals surface area contributed by atoms with Crippen LogP contribution in [0.5, 0.6) is 0 Å². The summed E-state index contributed by atoms with van der Waals surface area (Å²) in [6, 6.07) is 0.707. The highest BCUT2D eigenvalue weighted by Crippen LogP contribution is 2.27. The Morgan fingerprint density at radius 2 is 1.94 bits per heavy atom. The molecule has 0 aliphatic heterocycles. The van der Waals surface area contributed by atoms with Crippen LogP contribution < -0.4 is 10.6 Å². The van der Waals surface area contributed by atoms with E-state index in [2.05, 4.69) is 17.6 Å². The Morgan fingerprint density at radius 1 is 1.25 bits per heavy atom. The van der Waals surface area contributed by atoms with Gasteiger partial charge in [0, 0.05) is 24.5 Å². The summed E-state index contributed by atoms with van der Waals surface area (Å²) in [5.41, 5.74) is 0.0783. The molecule has 0 atom stereocenters. The van der Waals surface area contributed by atoms with Gasteiger partial charge in [0.2, 0.25) is 5.91 Å². The normalized spacial score (nSPS) is 24.1. The summed E-state index contributed by atoms with van der Waals surface area (Å²) in [7, 11) is 0. The number of carbonyl (C=O) groups is 1. The van der Waals surface area contributed by atoms with E-state index in [1.54, 1.807) is 0 Å². The van der Waals surface area contributed by atoms with Crippen molar-refractivity contribution in [1.82, 2.24) is 10.6 Å². The maximum absolute atomic E-state index is 11.8. The van der Waals surface area contributed by atoms with Gasteiger partial charge < -0.3 is 10.6 Å². The second-order valence-corrected chi connectivity index (χ2v) is 5.65. The molecule has 2 aliphatic rings. The molecular formula is C13H24N2O. The molecule has 2 aliphatic carbocycles. The van der Waals surface area contributed by atoms with E-state index in [1.807, 2.05) is 0 Å². The van der Waals surface area contributed by atoms with Gasteiger partial charge in [-0.2, -0.15) is 0 Å². The molecular weight excluding hydrogens is 200 g/mol. The third-order valence-electron chi connectivity index (χ3n) is 3.76. The van der Waals surface area contributed by atoms with Gasteiger partial charge in [-0.3, -0.25) is 4.79 Å². The Morgan fingerprint density at radius 3 is 2.56 bits per heavy atom. The molecule has 0 heterocycles. The predicted octanol–water partition coefficient (Wildman–Crippen LogP) is 1.97. The maximum atomic E-state index is 11.8. The van der Waals surface area contributed by atoms with Crippen LogP contribution in [0.15, 0.2) is 0 Å². The first-order valence-electron chi connectivity index (χ1n) is 6.72. The molecule has 0 saturated heterocycles. The number of rotatable bonds is 5. The van der Waals surface area contributed by atoms with Gasteiger partial charge in [-0.15, -0.1) is 0 Å². The van der Waals surface area contributed by atoms with Crippen LogP contribution in [-0.4, -0.2) is 24.0 Å². The lowest BCUT2D eigenvalue weighted by Gasteiger charge is -2.34. The van der Waals surface area contributed by atoms with Gasteiger partial charge in [-0.25, -0.2) is 0 Å². The Hall–Kier alpha value is -0.570. The lowest BCUT2D eigenvalue weighted by molar-refractivity contribution is -0.123. The summed E-state index contributed by atoms with van der Waals surface area (Å²) in [5, 5.41) is 6.59. The van der Waals surface area contributed by atoms with Crippen LogP contribution in [0.3, 0.4) is 0 Å². The minimum Gasteiger partial charge on any atom is -0.351 e. The molecule has 2 fully saturated rings. The van der Waals surface area contributed by atoms with Crippen LogP contribution in [-0.2, 0) is 4.79 Å². The summed E-state index contributed by atoms with van der Waals surface area (Å²) < 4.78 is 0. The van der Waals surface area contributed by atoms with Crippen LogP contribution in [0, 0.1) is 0 Å². The summed E-state index contributed by atoms with van der Waals surface area (Å²) in [4.78, 5) is 11.8. The Kier molecular flexibility index (Phi) is 3.85. The number of amides is 1. The van der Waals surface area contributed by atoms with Gasteiger partial charge in [0.15, 0.2) is 0 Å². The van der Waals surface area contributed by atoms with Crippen LogP contribution in [0.2, 0.25) is 0 Å². The average Bonchev–Trinajstić information content (AvgIpc) is 3.02. The average molecular weight is 224 g/mol. The first-order valence-corrected chi connectivity index (χ1v) is 6.72. The van der Waals surface area contributed by atoms with E-state index in [4.69, 9.17) is 0 Å². The van der Waals surface area contributed by atoms with E-state index < -0.39 is 0 Å². The molecule has 1 amide bonds. The Balaban J connectivity index is 1.64. The monoisotopic (exact) mass is 224 g/mol. The molecule has 3 nitrogen and oxygen atoms in total. The molecule has 2 N–H and O–H groups in total. The van der Waals surface area contributed by atoms with Gasteiger partial charge in [-0.1, -0.05) is 19.3 Å². The molecule has 0 spiro atoms. The summed E-state index contributed by atoms with van der Waals surface area (Å²) >= 11 is 0. The largest absolute Gasteiger partial charge is 0.351 e. The highest BCUT2D eigenvalue weighted by atomic mass is 16.1. The van der Waals surface area contributed by atoms with Crippen molar-refractivity contribution >= 4 is 5.91 Å². The number of hydrogen-bond acceptors (Lipinski definition) is 2. The van der Waals surface area contributed by atoms with Gasteiger partial charge in [-0.05, 0) is 32.6 Å². The number of carbonyl (C=O) groups excluding carboxylic acids is 1. The smallest absolute Gasteiger partial charge is 0.221 e. The zero-order valence-corrected chi connectivity index (χ0v) is 10.3. The second-order valence-electron chi connectivity index (χ2n) is 5.65.